The van der Waals surface area contributed by atoms with Crippen molar-refractivity contribution in [2.75, 3.05) is 5.32 Å². The Balaban J connectivity index is 1.48. The van der Waals surface area contributed by atoms with E-state index in [2.05, 4.69) is 10.3 Å². The van der Waals surface area contributed by atoms with Crippen molar-refractivity contribution in [3.63, 3.8) is 0 Å². The number of benzene rings is 3. The molecule has 0 aliphatic rings. The number of aryl methyl sites for hydroxylation is 1. The molecule has 4 rings (SSSR count). The summed E-state index contributed by atoms with van der Waals surface area (Å²) < 4.78 is 7.33. The molecule has 1 amide bonds. The summed E-state index contributed by atoms with van der Waals surface area (Å²) in [5.41, 5.74) is 5.15. The Labute approximate surface area is 197 Å². The molecule has 0 spiro atoms. The van der Waals surface area contributed by atoms with Crippen LogP contribution >= 0.6 is 0 Å². The molecule has 1 unspecified atom stereocenters. The van der Waals surface area contributed by atoms with Gasteiger partial charge in [-0.15, -0.1) is 0 Å². The van der Waals surface area contributed by atoms with Crippen LogP contribution in [0.25, 0.3) is 16.8 Å². The van der Waals surface area contributed by atoms with Crippen LogP contribution in [-0.4, -0.2) is 26.7 Å². The van der Waals surface area contributed by atoms with Crippen LogP contribution in [0.3, 0.4) is 0 Å². The summed E-state index contributed by atoms with van der Waals surface area (Å²) in [6.07, 6.45) is 0.710. The molecule has 7 nitrogen and oxygen atoms in total. The second kappa shape index (κ2) is 10.0. The van der Waals surface area contributed by atoms with Gasteiger partial charge in [0.05, 0.1) is 12.1 Å². The number of imidazole rings is 1. The van der Waals surface area contributed by atoms with Gasteiger partial charge in [0.1, 0.15) is 18.2 Å². The first kappa shape index (κ1) is 22.8. The lowest BCUT2D eigenvalue weighted by atomic mass is 10.0. The number of hydrogen-bond donors (Lipinski definition) is 2. The Kier molecular flexibility index (Phi) is 6.73. The van der Waals surface area contributed by atoms with E-state index in [1.54, 1.807) is 10.9 Å². The SMILES string of the molecule is Cc1ncn(-c2ccc(-c3ccc(CC(=O)O)cc3)cc2)c1NC(=O)OC(C)c1ccccc1. The number of nitrogens with one attached hydrogen (secondary N) is 1. The van der Waals surface area contributed by atoms with E-state index in [1.807, 2.05) is 92.7 Å². The van der Waals surface area contributed by atoms with Gasteiger partial charge >= 0.3 is 12.1 Å². The molecule has 7 heteroatoms. The molecule has 4 aromatic rings. The summed E-state index contributed by atoms with van der Waals surface area (Å²) in [4.78, 5) is 27.8. The van der Waals surface area contributed by atoms with Crippen molar-refractivity contribution < 1.29 is 19.4 Å². The lowest BCUT2D eigenvalue weighted by Gasteiger charge is -2.15. The molecule has 0 saturated carbocycles. The molecule has 0 bridgehead atoms. The van der Waals surface area contributed by atoms with Crippen molar-refractivity contribution in [2.24, 2.45) is 0 Å². The predicted molar refractivity (Wildman–Crippen MR) is 130 cm³/mol. The molecule has 1 atom stereocenters. The number of amides is 1. The third-order valence-electron chi connectivity index (χ3n) is 5.51. The highest BCUT2D eigenvalue weighted by atomic mass is 16.6. The first-order chi connectivity index (χ1) is 16.4. The van der Waals surface area contributed by atoms with Gasteiger partial charge in [-0.1, -0.05) is 66.7 Å². The Hall–Kier alpha value is -4.39. The van der Waals surface area contributed by atoms with E-state index in [1.165, 1.54) is 0 Å². The number of carbonyl (C=O) groups excluding carboxylic acids is 1. The number of aliphatic carboxylic acids is 1. The maximum absolute atomic E-state index is 12.6. The minimum atomic E-state index is -0.851. The third kappa shape index (κ3) is 5.32. The highest BCUT2D eigenvalue weighted by Gasteiger charge is 2.16. The lowest BCUT2D eigenvalue weighted by molar-refractivity contribution is -0.136. The number of rotatable bonds is 7. The molecule has 34 heavy (non-hydrogen) atoms. The Morgan fingerprint density at radius 1 is 0.971 bits per heavy atom. The zero-order chi connectivity index (χ0) is 24.1. The first-order valence-corrected chi connectivity index (χ1v) is 10.9. The van der Waals surface area contributed by atoms with E-state index in [4.69, 9.17) is 9.84 Å². The molecular formula is C27H25N3O4. The zero-order valence-corrected chi connectivity index (χ0v) is 18.9. The topological polar surface area (TPSA) is 93.5 Å². The minimum absolute atomic E-state index is 0.00152. The fourth-order valence-corrected chi connectivity index (χ4v) is 3.67. The van der Waals surface area contributed by atoms with Crippen molar-refractivity contribution in [3.8, 4) is 16.8 Å². The average molecular weight is 456 g/mol. The fourth-order valence-electron chi connectivity index (χ4n) is 3.67. The number of carboxylic acids is 1. The second-order valence-electron chi connectivity index (χ2n) is 7.95. The van der Waals surface area contributed by atoms with Gasteiger partial charge in [-0.3, -0.25) is 14.7 Å². The summed E-state index contributed by atoms with van der Waals surface area (Å²) in [6, 6.07) is 24.8. The fraction of sp³-hybridized carbons (Fsp3) is 0.148. The summed E-state index contributed by atoms with van der Waals surface area (Å²) in [7, 11) is 0. The number of anilines is 1. The Bertz CT molecular complexity index is 1280. The van der Waals surface area contributed by atoms with Crippen LogP contribution in [0.2, 0.25) is 0 Å². The molecule has 0 aliphatic heterocycles. The van der Waals surface area contributed by atoms with Crippen molar-refractivity contribution >= 4 is 17.9 Å². The van der Waals surface area contributed by atoms with Crippen LogP contribution in [-0.2, 0) is 16.0 Å². The largest absolute Gasteiger partial charge is 0.481 e. The first-order valence-electron chi connectivity index (χ1n) is 10.9. The van der Waals surface area contributed by atoms with Gasteiger partial charge in [0.15, 0.2) is 0 Å². The van der Waals surface area contributed by atoms with Crippen molar-refractivity contribution in [3.05, 3.63) is 102 Å². The lowest BCUT2D eigenvalue weighted by Crippen LogP contribution is -2.18. The van der Waals surface area contributed by atoms with Crippen molar-refractivity contribution in [1.82, 2.24) is 9.55 Å². The normalized spacial score (nSPS) is 11.6. The Morgan fingerprint density at radius 3 is 2.21 bits per heavy atom. The van der Waals surface area contributed by atoms with Crippen LogP contribution in [0, 0.1) is 6.92 Å². The maximum Gasteiger partial charge on any atom is 0.413 e. The monoisotopic (exact) mass is 455 g/mol. The molecule has 0 radical (unpaired) electrons. The second-order valence-corrected chi connectivity index (χ2v) is 7.95. The van der Waals surface area contributed by atoms with Crippen LogP contribution < -0.4 is 5.32 Å². The summed E-state index contributed by atoms with van der Waals surface area (Å²) >= 11 is 0. The van der Waals surface area contributed by atoms with Gasteiger partial charge < -0.3 is 9.84 Å². The van der Waals surface area contributed by atoms with E-state index in [0.717, 1.165) is 27.9 Å². The van der Waals surface area contributed by atoms with Gasteiger partial charge in [0.2, 0.25) is 0 Å². The van der Waals surface area contributed by atoms with Crippen LogP contribution in [0.5, 0.6) is 0 Å². The highest BCUT2D eigenvalue weighted by Crippen LogP contribution is 2.25. The van der Waals surface area contributed by atoms with E-state index in [9.17, 15) is 9.59 Å². The van der Waals surface area contributed by atoms with Crippen molar-refractivity contribution in [1.29, 1.82) is 0 Å². The molecular weight excluding hydrogens is 430 g/mol. The number of hydrogen-bond acceptors (Lipinski definition) is 4. The molecule has 1 aromatic heterocycles. The van der Waals surface area contributed by atoms with Crippen LogP contribution in [0.1, 0.15) is 29.8 Å². The molecule has 0 saturated heterocycles. The van der Waals surface area contributed by atoms with Gasteiger partial charge in [-0.2, -0.15) is 0 Å². The summed E-state index contributed by atoms with van der Waals surface area (Å²) in [6.45, 7) is 3.64. The van der Waals surface area contributed by atoms with E-state index in [-0.39, 0.29) is 12.5 Å². The predicted octanol–water partition coefficient (Wildman–Crippen LogP) is 5.78. The summed E-state index contributed by atoms with van der Waals surface area (Å²) in [5.74, 6) is -0.313. The standard InChI is InChI=1S/C27H25N3O4/c1-18-26(29-27(33)34-19(2)21-6-4-3-5-7-21)30(17-28-18)24-14-12-23(13-15-24)22-10-8-20(9-11-22)16-25(31)32/h3-15,17,19H,16H2,1-2H3,(H,29,33)(H,31,32). The van der Waals surface area contributed by atoms with Crippen LogP contribution in [0.4, 0.5) is 10.6 Å². The smallest absolute Gasteiger partial charge is 0.413 e. The van der Waals surface area contributed by atoms with Gasteiger partial charge in [-0.05, 0) is 48.2 Å². The number of carboxylic acid groups (broad SMARTS) is 1. The quantitative estimate of drug-likeness (QED) is 0.368. The van der Waals surface area contributed by atoms with E-state index in [0.29, 0.717) is 11.5 Å². The van der Waals surface area contributed by atoms with Gasteiger partial charge in [0, 0.05) is 5.69 Å². The molecule has 0 aliphatic carbocycles. The van der Waals surface area contributed by atoms with E-state index >= 15 is 0 Å². The number of ether oxygens (including phenoxy) is 1. The maximum atomic E-state index is 12.6. The van der Waals surface area contributed by atoms with Gasteiger partial charge in [0.25, 0.3) is 0 Å². The molecule has 0 fully saturated rings. The molecule has 1 heterocycles. The number of nitrogens with zero attached hydrogens (tertiary/aromatic N) is 2. The molecule has 2 N–H and O–H groups in total. The summed E-state index contributed by atoms with van der Waals surface area (Å²) in [5, 5.41) is 11.7. The molecule has 172 valence electrons. The van der Waals surface area contributed by atoms with Gasteiger partial charge in [-0.25, -0.2) is 9.78 Å². The minimum Gasteiger partial charge on any atom is -0.481 e. The van der Waals surface area contributed by atoms with E-state index < -0.39 is 12.1 Å². The highest BCUT2D eigenvalue weighted by molar-refractivity contribution is 5.85. The number of aromatic nitrogens is 2. The van der Waals surface area contributed by atoms with Crippen molar-refractivity contribution in [2.45, 2.75) is 26.4 Å². The zero-order valence-electron chi connectivity index (χ0n) is 18.9. The third-order valence-corrected chi connectivity index (χ3v) is 5.51. The average Bonchev–Trinajstić information content (AvgIpc) is 3.19. The number of carbonyl (C=O) groups is 2. The molecule has 3 aromatic carbocycles. The Morgan fingerprint density at radius 2 is 1.59 bits per heavy atom. The van der Waals surface area contributed by atoms with Crippen LogP contribution in [0.15, 0.2) is 85.2 Å².